The van der Waals surface area contributed by atoms with Crippen molar-refractivity contribution in [3.63, 3.8) is 0 Å². The monoisotopic (exact) mass is 385 g/mol. The summed E-state index contributed by atoms with van der Waals surface area (Å²) in [6.45, 7) is 4.55. The second-order valence-corrected chi connectivity index (χ2v) is 6.12. The number of nitrogens with one attached hydrogen (secondary N) is 1. The molecule has 0 aliphatic carbocycles. The van der Waals surface area contributed by atoms with Crippen molar-refractivity contribution in [3.8, 4) is 11.5 Å². The van der Waals surface area contributed by atoms with Crippen LogP contribution in [0.4, 0.5) is 5.69 Å². The third kappa shape index (κ3) is 3.55. The largest absolute Gasteiger partial charge is 0.493 e. The van der Waals surface area contributed by atoms with Gasteiger partial charge in [-0.3, -0.25) is 18.8 Å². The van der Waals surface area contributed by atoms with Gasteiger partial charge in [0.05, 0.1) is 49.0 Å². The van der Waals surface area contributed by atoms with E-state index in [1.54, 1.807) is 18.3 Å². The smallest absolute Gasteiger partial charge is 0.261 e. The van der Waals surface area contributed by atoms with Crippen LogP contribution in [0.25, 0.3) is 10.9 Å². The quantitative estimate of drug-likeness (QED) is 0.666. The van der Waals surface area contributed by atoms with Crippen LogP contribution in [-0.4, -0.2) is 39.5 Å². The molecule has 0 fully saturated rings. The van der Waals surface area contributed by atoms with Gasteiger partial charge in [-0.05, 0) is 19.4 Å². The van der Waals surface area contributed by atoms with E-state index in [9.17, 15) is 9.59 Å². The fourth-order valence-electron chi connectivity index (χ4n) is 3.10. The number of hydrogen-bond acceptors (Lipinski definition) is 6. The topological polar surface area (TPSA) is 100 Å². The van der Waals surface area contributed by atoms with Crippen LogP contribution in [0, 0.1) is 0 Å². The first-order chi connectivity index (χ1) is 13.5. The Morgan fingerprint density at radius 1 is 1.18 bits per heavy atom. The van der Waals surface area contributed by atoms with E-state index in [0.717, 1.165) is 18.7 Å². The number of carbonyl (C=O) groups excluding carboxylic acids is 1. The summed E-state index contributed by atoms with van der Waals surface area (Å²) in [5.41, 5.74) is 1.73. The highest BCUT2D eigenvalue weighted by molar-refractivity contribution is 5.91. The van der Waals surface area contributed by atoms with Gasteiger partial charge < -0.3 is 14.8 Å². The third-order valence-electron chi connectivity index (χ3n) is 4.50. The molecule has 0 aliphatic heterocycles. The number of benzene rings is 1. The van der Waals surface area contributed by atoms with Crippen LogP contribution in [-0.2, 0) is 24.3 Å². The number of amides is 1. The number of ether oxygens (including phenoxy) is 2. The standard InChI is InChI=1S/C19H23N5O4/c1-5-15-14(9-21-24(15)6-2)22-18(25)10-23-11-20-13-8-17(28-4)16(27-3)7-12(13)19(23)26/h7-9,11H,5-6,10H2,1-4H3,(H,22,25). The predicted octanol–water partition coefficient (Wildman–Crippen LogP) is 1.83. The normalized spacial score (nSPS) is 10.9. The molecule has 1 N–H and O–H groups in total. The van der Waals surface area contributed by atoms with E-state index in [4.69, 9.17) is 9.47 Å². The molecule has 3 aromatic rings. The Morgan fingerprint density at radius 3 is 2.54 bits per heavy atom. The maximum absolute atomic E-state index is 12.8. The predicted molar refractivity (Wildman–Crippen MR) is 105 cm³/mol. The number of fused-ring (bicyclic) bond motifs is 1. The first-order valence-electron chi connectivity index (χ1n) is 8.98. The zero-order valence-electron chi connectivity index (χ0n) is 16.4. The lowest BCUT2D eigenvalue weighted by atomic mass is 10.2. The van der Waals surface area contributed by atoms with Gasteiger partial charge in [-0.2, -0.15) is 5.10 Å². The highest BCUT2D eigenvalue weighted by Gasteiger charge is 2.15. The number of nitrogens with zero attached hydrogens (tertiary/aromatic N) is 4. The third-order valence-corrected chi connectivity index (χ3v) is 4.50. The molecular formula is C19H23N5O4. The van der Waals surface area contributed by atoms with Gasteiger partial charge in [-0.1, -0.05) is 6.92 Å². The van der Waals surface area contributed by atoms with E-state index < -0.39 is 0 Å². The lowest BCUT2D eigenvalue weighted by Gasteiger charge is -2.11. The van der Waals surface area contributed by atoms with E-state index >= 15 is 0 Å². The SMILES string of the molecule is CCc1c(NC(=O)Cn2cnc3cc(OC)c(OC)cc3c2=O)cnn1CC. The summed E-state index contributed by atoms with van der Waals surface area (Å²) in [6.07, 6.45) is 3.72. The summed E-state index contributed by atoms with van der Waals surface area (Å²) in [5, 5.41) is 7.43. The average Bonchev–Trinajstić information content (AvgIpc) is 3.10. The molecule has 1 amide bonds. The second-order valence-electron chi connectivity index (χ2n) is 6.12. The maximum atomic E-state index is 12.8. The first-order valence-corrected chi connectivity index (χ1v) is 8.98. The van der Waals surface area contributed by atoms with Crippen molar-refractivity contribution in [2.45, 2.75) is 33.4 Å². The van der Waals surface area contributed by atoms with Crippen LogP contribution in [0.3, 0.4) is 0 Å². The molecule has 0 unspecified atom stereocenters. The maximum Gasteiger partial charge on any atom is 0.261 e. The van der Waals surface area contributed by atoms with Gasteiger partial charge in [0.25, 0.3) is 5.56 Å². The molecule has 0 atom stereocenters. The molecule has 3 rings (SSSR count). The van der Waals surface area contributed by atoms with Crippen LogP contribution in [0.2, 0.25) is 0 Å². The Labute approximate surface area is 161 Å². The lowest BCUT2D eigenvalue weighted by Crippen LogP contribution is -2.28. The van der Waals surface area contributed by atoms with Crippen molar-refractivity contribution in [2.75, 3.05) is 19.5 Å². The summed E-state index contributed by atoms with van der Waals surface area (Å²) in [5.74, 6) is 0.585. The van der Waals surface area contributed by atoms with Gasteiger partial charge in [0.1, 0.15) is 6.54 Å². The number of aromatic nitrogens is 4. The zero-order chi connectivity index (χ0) is 20.3. The van der Waals surface area contributed by atoms with Gasteiger partial charge >= 0.3 is 0 Å². The molecule has 28 heavy (non-hydrogen) atoms. The van der Waals surface area contributed by atoms with Crippen LogP contribution >= 0.6 is 0 Å². The Kier molecular flexibility index (Phi) is 5.62. The molecule has 0 aliphatic rings. The molecule has 0 bridgehead atoms. The Bertz CT molecular complexity index is 1070. The summed E-state index contributed by atoms with van der Waals surface area (Å²) in [7, 11) is 3.01. The number of anilines is 1. The van der Waals surface area contributed by atoms with Crippen molar-refractivity contribution in [1.29, 1.82) is 0 Å². The first kappa shape index (κ1) is 19.4. The minimum atomic E-state index is -0.332. The molecule has 148 valence electrons. The van der Waals surface area contributed by atoms with E-state index in [-0.39, 0.29) is 18.0 Å². The lowest BCUT2D eigenvalue weighted by molar-refractivity contribution is -0.116. The minimum Gasteiger partial charge on any atom is -0.493 e. The van der Waals surface area contributed by atoms with Gasteiger partial charge in [0, 0.05) is 12.6 Å². The van der Waals surface area contributed by atoms with Gasteiger partial charge in [-0.25, -0.2) is 4.98 Å². The van der Waals surface area contributed by atoms with Gasteiger partial charge in [-0.15, -0.1) is 0 Å². The molecule has 2 heterocycles. The van der Waals surface area contributed by atoms with E-state index in [1.165, 1.54) is 25.1 Å². The Morgan fingerprint density at radius 2 is 1.89 bits per heavy atom. The Balaban J connectivity index is 1.88. The highest BCUT2D eigenvalue weighted by Crippen LogP contribution is 2.29. The number of methoxy groups -OCH3 is 2. The summed E-state index contributed by atoms with van der Waals surface area (Å²) < 4.78 is 13.6. The average molecular weight is 385 g/mol. The highest BCUT2D eigenvalue weighted by atomic mass is 16.5. The van der Waals surface area contributed by atoms with Crippen molar-refractivity contribution in [3.05, 3.63) is 40.7 Å². The van der Waals surface area contributed by atoms with Crippen LogP contribution < -0.4 is 20.3 Å². The number of carbonyl (C=O) groups is 1. The molecule has 9 nitrogen and oxygen atoms in total. The molecule has 0 saturated carbocycles. The van der Waals surface area contributed by atoms with Crippen molar-refractivity contribution >= 4 is 22.5 Å². The molecule has 0 radical (unpaired) electrons. The van der Waals surface area contributed by atoms with E-state index in [0.29, 0.717) is 28.1 Å². The number of rotatable bonds is 7. The molecule has 2 aromatic heterocycles. The van der Waals surface area contributed by atoms with Crippen LogP contribution in [0.5, 0.6) is 11.5 Å². The molecule has 1 aromatic carbocycles. The van der Waals surface area contributed by atoms with Crippen molar-refractivity contribution in [2.24, 2.45) is 0 Å². The summed E-state index contributed by atoms with van der Waals surface area (Å²) in [4.78, 5) is 29.5. The number of aryl methyl sites for hydroxylation is 1. The molecule has 0 spiro atoms. The fourth-order valence-corrected chi connectivity index (χ4v) is 3.10. The molecule has 9 heteroatoms. The molecule has 0 saturated heterocycles. The number of hydrogen-bond donors (Lipinski definition) is 1. The second kappa shape index (κ2) is 8.12. The van der Waals surface area contributed by atoms with Gasteiger partial charge in [0.2, 0.25) is 5.91 Å². The zero-order valence-corrected chi connectivity index (χ0v) is 16.4. The summed E-state index contributed by atoms with van der Waals surface area (Å²) >= 11 is 0. The Hall–Kier alpha value is -3.36. The summed E-state index contributed by atoms with van der Waals surface area (Å²) in [6, 6.07) is 3.20. The van der Waals surface area contributed by atoms with Crippen LogP contribution in [0.1, 0.15) is 19.5 Å². The van der Waals surface area contributed by atoms with Crippen molar-refractivity contribution < 1.29 is 14.3 Å². The van der Waals surface area contributed by atoms with Crippen LogP contribution in [0.15, 0.2) is 29.5 Å². The minimum absolute atomic E-state index is 0.156. The van der Waals surface area contributed by atoms with Gasteiger partial charge in [0.15, 0.2) is 11.5 Å². The fraction of sp³-hybridized carbons (Fsp3) is 0.368. The van der Waals surface area contributed by atoms with E-state index in [1.807, 2.05) is 18.5 Å². The van der Waals surface area contributed by atoms with Crippen molar-refractivity contribution in [1.82, 2.24) is 19.3 Å². The van der Waals surface area contributed by atoms with E-state index in [2.05, 4.69) is 15.4 Å². The molecular weight excluding hydrogens is 362 g/mol.